The van der Waals surface area contributed by atoms with E-state index in [-0.39, 0.29) is 0 Å². The summed E-state index contributed by atoms with van der Waals surface area (Å²) < 4.78 is 6.00. The molecule has 6 heteroatoms. The van der Waals surface area contributed by atoms with E-state index in [0.29, 0.717) is 11.6 Å². The maximum atomic E-state index is 6.08. The Hall–Kier alpha value is -2.11. The highest BCUT2D eigenvalue weighted by atomic mass is 35.5. The van der Waals surface area contributed by atoms with Gasteiger partial charge in [-0.05, 0) is 18.2 Å². The molecule has 2 N–H and O–H groups in total. The van der Waals surface area contributed by atoms with Crippen molar-refractivity contribution >= 4 is 23.0 Å². The summed E-state index contributed by atoms with van der Waals surface area (Å²) in [5.41, 5.74) is 6.20. The van der Waals surface area contributed by atoms with E-state index in [9.17, 15) is 0 Å². The monoisotopic (exact) mass is 346 g/mol. The number of hydrogen-bond donors (Lipinski definition) is 2. The van der Waals surface area contributed by atoms with Crippen LogP contribution in [-0.2, 0) is 0 Å². The maximum Gasteiger partial charge on any atom is 0.167 e. The first-order valence-electron chi connectivity index (χ1n) is 8.14. The third kappa shape index (κ3) is 3.52. The number of allylic oxidation sites excluding steroid dienone is 3. The molecule has 5 nitrogen and oxygen atoms in total. The Balaban J connectivity index is 1.89. The Morgan fingerprint density at radius 3 is 2.71 bits per heavy atom. The number of ether oxygens (including phenoxy) is 1. The summed E-state index contributed by atoms with van der Waals surface area (Å²) in [5, 5.41) is 5.87. The normalized spacial score (nSPS) is 17.8. The van der Waals surface area contributed by atoms with E-state index in [1.54, 1.807) is 6.08 Å². The molecule has 1 aromatic carbocycles. The molecular weight excluding hydrogens is 324 g/mol. The van der Waals surface area contributed by atoms with Crippen molar-refractivity contribution in [3.8, 4) is 5.75 Å². The van der Waals surface area contributed by atoms with E-state index in [4.69, 9.17) is 16.3 Å². The number of para-hydroxylation sites is 1. The molecule has 3 rings (SSSR count). The topological polar surface area (TPSA) is 39.8 Å². The van der Waals surface area contributed by atoms with Gasteiger partial charge < -0.3 is 15.0 Å². The molecule has 1 saturated heterocycles. The minimum atomic E-state index is 0.446. The van der Waals surface area contributed by atoms with Crippen LogP contribution in [-0.4, -0.2) is 39.3 Å². The maximum absolute atomic E-state index is 6.08. The third-order valence-corrected chi connectivity index (χ3v) is 4.32. The lowest BCUT2D eigenvalue weighted by atomic mass is 10.2. The molecule has 0 radical (unpaired) electrons. The molecule has 0 atom stereocenters. The van der Waals surface area contributed by atoms with Crippen LogP contribution in [0.1, 0.15) is 0 Å². The molecule has 0 amide bonds. The number of nitrogens with zero attached hydrogens (tertiary/aromatic N) is 2. The van der Waals surface area contributed by atoms with E-state index >= 15 is 0 Å². The number of benzene rings is 1. The lowest BCUT2D eigenvalue weighted by Crippen LogP contribution is -2.45. The number of piperazine rings is 1. The van der Waals surface area contributed by atoms with Gasteiger partial charge in [0.05, 0.1) is 23.0 Å². The summed E-state index contributed by atoms with van der Waals surface area (Å²) in [6, 6.07) is 6.23. The molecule has 2 aliphatic heterocycles. The van der Waals surface area contributed by atoms with Gasteiger partial charge in [-0.3, -0.25) is 10.4 Å². The smallest absolute Gasteiger partial charge is 0.167 e. The molecule has 1 aromatic rings. The summed E-state index contributed by atoms with van der Waals surface area (Å²) in [6.07, 6.45) is 3.50. The average Bonchev–Trinajstić information content (AvgIpc) is 2.61. The van der Waals surface area contributed by atoms with Crippen LogP contribution < -0.4 is 25.4 Å². The molecule has 0 aromatic heterocycles. The van der Waals surface area contributed by atoms with E-state index in [1.165, 1.54) is 0 Å². The van der Waals surface area contributed by atoms with Gasteiger partial charge in [0.2, 0.25) is 0 Å². The molecular formula is C18H23ClN4O. The first-order chi connectivity index (χ1) is 11.7. The number of hydrogen-bond acceptors (Lipinski definition) is 5. The van der Waals surface area contributed by atoms with E-state index < -0.39 is 0 Å². The van der Waals surface area contributed by atoms with Gasteiger partial charge in [0.25, 0.3) is 0 Å². The summed E-state index contributed by atoms with van der Waals surface area (Å²) >= 11 is 6.08. The van der Waals surface area contributed by atoms with Crippen LogP contribution in [0, 0.1) is 0 Å². The second kappa shape index (κ2) is 7.64. The highest BCUT2D eigenvalue weighted by Crippen LogP contribution is 2.40. The van der Waals surface area contributed by atoms with Crippen LogP contribution in [0.25, 0.3) is 0 Å². The highest BCUT2D eigenvalue weighted by molar-refractivity contribution is 6.31. The lowest BCUT2D eigenvalue weighted by Gasteiger charge is -2.37. The molecule has 2 aliphatic rings. The number of rotatable bonds is 5. The van der Waals surface area contributed by atoms with Crippen molar-refractivity contribution in [3.63, 3.8) is 0 Å². The second-order valence-corrected chi connectivity index (χ2v) is 6.15. The van der Waals surface area contributed by atoms with E-state index in [0.717, 1.165) is 55.5 Å². The minimum absolute atomic E-state index is 0.446. The first-order valence-corrected chi connectivity index (χ1v) is 8.51. The lowest BCUT2D eigenvalue weighted by molar-refractivity contribution is 0.302. The van der Waals surface area contributed by atoms with Crippen LogP contribution in [0.5, 0.6) is 5.75 Å². The number of fused-ring (bicyclic) bond motifs is 1. The van der Waals surface area contributed by atoms with Gasteiger partial charge in [-0.1, -0.05) is 36.9 Å². The predicted molar refractivity (Wildman–Crippen MR) is 101 cm³/mol. The predicted octanol–water partition coefficient (Wildman–Crippen LogP) is 2.62. The summed E-state index contributed by atoms with van der Waals surface area (Å²) in [7, 11) is 0. The molecule has 128 valence electrons. The molecule has 0 spiro atoms. The van der Waals surface area contributed by atoms with Crippen molar-refractivity contribution < 1.29 is 4.74 Å². The van der Waals surface area contributed by atoms with Crippen LogP contribution in [0.2, 0.25) is 0 Å². The second-order valence-electron chi connectivity index (χ2n) is 5.70. The fraction of sp³-hybridized carbons (Fsp3) is 0.333. The average molecular weight is 347 g/mol. The molecule has 24 heavy (non-hydrogen) atoms. The molecule has 2 heterocycles. The van der Waals surface area contributed by atoms with Gasteiger partial charge in [-0.2, -0.15) is 0 Å². The molecule has 0 unspecified atom stereocenters. The van der Waals surface area contributed by atoms with Crippen molar-refractivity contribution in [3.05, 3.63) is 54.2 Å². The van der Waals surface area contributed by atoms with E-state index in [1.807, 2.05) is 11.1 Å². The molecule has 0 saturated carbocycles. The van der Waals surface area contributed by atoms with Crippen molar-refractivity contribution in [2.24, 2.45) is 0 Å². The van der Waals surface area contributed by atoms with Crippen molar-refractivity contribution in [1.82, 2.24) is 10.7 Å². The first kappa shape index (κ1) is 16.7. The zero-order chi connectivity index (χ0) is 16.9. The number of anilines is 2. The van der Waals surface area contributed by atoms with Gasteiger partial charge in [-0.25, -0.2) is 0 Å². The fourth-order valence-electron chi connectivity index (χ4n) is 2.96. The largest absolute Gasteiger partial charge is 0.487 e. The summed E-state index contributed by atoms with van der Waals surface area (Å²) in [6.45, 7) is 12.8. The van der Waals surface area contributed by atoms with Crippen molar-refractivity contribution in [1.29, 1.82) is 0 Å². The third-order valence-electron chi connectivity index (χ3n) is 4.12. The zero-order valence-electron chi connectivity index (χ0n) is 13.7. The van der Waals surface area contributed by atoms with E-state index in [2.05, 4.69) is 47.0 Å². The quantitative estimate of drug-likeness (QED) is 0.802. The molecule has 0 bridgehead atoms. The summed E-state index contributed by atoms with van der Waals surface area (Å²) in [5.74, 6) is 0.913. The fourth-order valence-corrected chi connectivity index (χ4v) is 3.06. The Kier molecular flexibility index (Phi) is 5.33. The van der Waals surface area contributed by atoms with Crippen LogP contribution in [0.4, 0.5) is 11.4 Å². The number of nitrogens with one attached hydrogen (secondary N) is 2. The van der Waals surface area contributed by atoms with Gasteiger partial charge >= 0.3 is 0 Å². The van der Waals surface area contributed by atoms with Crippen LogP contribution in [0.3, 0.4) is 0 Å². The summed E-state index contributed by atoms with van der Waals surface area (Å²) in [4.78, 5) is 2.36. The van der Waals surface area contributed by atoms with Gasteiger partial charge in [0.15, 0.2) is 5.75 Å². The molecule has 1 fully saturated rings. The Morgan fingerprint density at radius 2 is 2.00 bits per heavy atom. The zero-order valence-corrected chi connectivity index (χ0v) is 14.5. The number of hydrazine groups is 1. The Labute approximate surface area is 148 Å². The minimum Gasteiger partial charge on any atom is -0.487 e. The highest BCUT2D eigenvalue weighted by Gasteiger charge is 2.24. The Morgan fingerprint density at radius 1 is 1.25 bits per heavy atom. The van der Waals surface area contributed by atoms with Gasteiger partial charge in [0.1, 0.15) is 12.3 Å². The standard InChI is InChI=1S/C18H23ClN4O/c1-3-5-15(14(2)19)21-23-12-13-24-18-16(6-4-7-17(18)23)22-10-8-20-9-11-22/h3-7,20-21H,1-2,8-13H2/b15-5+. The Bertz CT molecular complexity index is 652. The van der Waals surface area contributed by atoms with Crippen LogP contribution >= 0.6 is 11.6 Å². The number of halogens is 1. The van der Waals surface area contributed by atoms with Crippen molar-refractivity contribution in [2.45, 2.75) is 0 Å². The SMILES string of the molecule is C=C/C=C(/NN1CCOc2c(N3CCNCC3)cccc21)C(=C)Cl. The van der Waals surface area contributed by atoms with Gasteiger partial charge in [0, 0.05) is 26.2 Å². The molecule has 0 aliphatic carbocycles. The van der Waals surface area contributed by atoms with Crippen LogP contribution in [0.15, 0.2) is 54.2 Å². The van der Waals surface area contributed by atoms with Crippen molar-refractivity contribution in [2.75, 3.05) is 49.2 Å². The van der Waals surface area contributed by atoms with Gasteiger partial charge in [-0.15, -0.1) is 0 Å².